The van der Waals surface area contributed by atoms with Crippen molar-refractivity contribution >= 4 is 48.0 Å². The fourth-order valence-corrected chi connectivity index (χ4v) is 3.41. The summed E-state index contributed by atoms with van der Waals surface area (Å²) in [5, 5.41) is 12.7. The van der Waals surface area contributed by atoms with Crippen LogP contribution in [0.25, 0.3) is 0 Å². The molecule has 1 aliphatic rings. The van der Waals surface area contributed by atoms with E-state index in [-0.39, 0.29) is 36.6 Å². The first-order chi connectivity index (χ1) is 13.5. The SMILES string of the molecule is CNC(C(=O)NC(C)C(=O)Nc1cccc(N2CCCC2)c1)c1cnn(C)c1.Cl.Cl. The van der Waals surface area contributed by atoms with Gasteiger partial charge in [-0.3, -0.25) is 14.3 Å². The van der Waals surface area contributed by atoms with Crippen LogP contribution in [0, 0.1) is 0 Å². The molecular formula is C20H30Cl2N6O2. The molecule has 0 spiro atoms. The average Bonchev–Trinajstić information content (AvgIpc) is 3.34. The smallest absolute Gasteiger partial charge is 0.246 e. The maximum absolute atomic E-state index is 12.6. The molecule has 166 valence electrons. The van der Waals surface area contributed by atoms with E-state index in [9.17, 15) is 9.59 Å². The van der Waals surface area contributed by atoms with Crippen molar-refractivity contribution in [3.8, 4) is 0 Å². The standard InChI is InChI=1S/C20H28N6O2.2ClH/c1-14(23-20(28)18(21-2)15-12-22-25(3)13-15)19(27)24-16-7-6-8-17(11-16)26-9-4-5-10-26;;/h6-8,11-14,18,21H,4-5,9-10H2,1-3H3,(H,23,28)(H,24,27);2*1H. The number of likely N-dealkylation sites (N-methyl/N-ethyl adjacent to an activating group) is 1. The van der Waals surface area contributed by atoms with E-state index in [1.165, 1.54) is 12.8 Å². The largest absolute Gasteiger partial charge is 0.371 e. The quantitative estimate of drug-likeness (QED) is 0.594. The van der Waals surface area contributed by atoms with Gasteiger partial charge < -0.3 is 20.9 Å². The molecule has 0 bridgehead atoms. The van der Waals surface area contributed by atoms with Crippen LogP contribution in [-0.2, 0) is 16.6 Å². The van der Waals surface area contributed by atoms with Crippen LogP contribution in [0.1, 0.15) is 31.4 Å². The zero-order valence-electron chi connectivity index (χ0n) is 17.4. The maximum atomic E-state index is 12.6. The molecule has 3 N–H and O–H groups in total. The number of benzene rings is 1. The molecule has 1 aromatic heterocycles. The first-order valence-corrected chi connectivity index (χ1v) is 9.60. The van der Waals surface area contributed by atoms with Crippen molar-refractivity contribution < 1.29 is 9.59 Å². The highest BCUT2D eigenvalue weighted by molar-refractivity contribution is 5.98. The van der Waals surface area contributed by atoms with Crippen LogP contribution in [0.15, 0.2) is 36.7 Å². The highest BCUT2D eigenvalue weighted by Crippen LogP contribution is 2.23. The number of anilines is 2. The van der Waals surface area contributed by atoms with Gasteiger partial charge in [0.15, 0.2) is 0 Å². The Hall–Kier alpha value is -2.29. The van der Waals surface area contributed by atoms with Gasteiger partial charge in [-0.2, -0.15) is 5.10 Å². The Morgan fingerprint density at radius 2 is 1.83 bits per heavy atom. The second-order valence-corrected chi connectivity index (χ2v) is 7.13. The minimum atomic E-state index is -0.671. The van der Waals surface area contributed by atoms with Gasteiger partial charge >= 0.3 is 0 Å². The third-order valence-corrected chi connectivity index (χ3v) is 4.95. The molecule has 8 nitrogen and oxygen atoms in total. The van der Waals surface area contributed by atoms with Gasteiger partial charge in [0.25, 0.3) is 0 Å². The van der Waals surface area contributed by atoms with Gasteiger partial charge in [0.2, 0.25) is 11.8 Å². The van der Waals surface area contributed by atoms with Gasteiger partial charge in [0, 0.05) is 43.3 Å². The minimum Gasteiger partial charge on any atom is -0.371 e. The van der Waals surface area contributed by atoms with Crippen molar-refractivity contribution in [2.24, 2.45) is 7.05 Å². The fraction of sp³-hybridized carbons (Fsp3) is 0.450. The van der Waals surface area contributed by atoms with Gasteiger partial charge in [-0.25, -0.2) is 0 Å². The number of hydrogen-bond acceptors (Lipinski definition) is 5. The number of amides is 2. The third-order valence-electron chi connectivity index (χ3n) is 4.95. The summed E-state index contributed by atoms with van der Waals surface area (Å²) in [7, 11) is 3.49. The number of nitrogens with zero attached hydrogens (tertiary/aromatic N) is 3. The lowest BCUT2D eigenvalue weighted by atomic mass is 10.1. The van der Waals surface area contributed by atoms with Gasteiger partial charge in [0.05, 0.1) is 6.20 Å². The molecule has 1 aromatic carbocycles. The van der Waals surface area contributed by atoms with E-state index >= 15 is 0 Å². The first-order valence-electron chi connectivity index (χ1n) is 9.60. The number of carbonyl (C=O) groups is 2. The van der Waals surface area contributed by atoms with Crippen LogP contribution in [0.3, 0.4) is 0 Å². The summed E-state index contributed by atoms with van der Waals surface area (Å²) < 4.78 is 1.64. The molecule has 1 saturated heterocycles. The summed E-state index contributed by atoms with van der Waals surface area (Å²) in [6.07, 6.45) is 5.80. The van der Waals surface area contributed by atoms with Crippen molar-refractivity contribution in [3.63, 3.8) is 0 Å². The summed E-state index contributed by atoms with van der Waals surface area (Å²) in [5.74, 6) is -0.531. The van der Waals surface area contributed by atoms with Crippen LogP contribution < -0.4 is 20.9 Å². The molecule has 3 rings (SSSR count). The number of aryl methyl sites for hydroxylation is 1. The minimum absolute atomic E-state index is 0. The van der Waals surface area contributed by atoms with Crippen molar-refractivity contribution in [1.82, 2.24) is 20.4 Å². The Bertz CT molecular complexity index is 838. The molecular weight excluding hydrogens is 427 g/mol. The van der Waals surface area contributed by atoms with E-state index in [1.807, 2.05) is 18.2 Å². The van der Waals surface area contributed by atoms with E-state index in [0.29, 0.717) is 0 Å². The molecule has 2 unspecified atom stereocenters. The maximum Gasteiger partial charge on any atom is 0.246 e. The Morgan fingerprint density at radius 1 is 1.13 bits per heavy atom. The highest BCUT2D eigenvalue weighted by Gasteiger charge is 2.24. The summed E-state index contributed by atoms with van der Waals surface area (Å²) >= 11 is 0. The number of rotatable bonds is 7. The van der Waals surface area contributed by atoms with Crippen molar-refractivity contribution in [2.45, 2.75) is 31.8 Å². The molecule has 0 aliphatic carbocycles. The summed E-state index contributed by atoms with van der Waals surface area (Å²) in [6.45, 7) is 3.76. The van der Waals surface area contributed by atoms with E-state index < -0.39 is 12.1 Å². The van der Waals surface area contributed by atoms with Crippen molar-refractivity contribution in [1.29, 1.82) is 0 Å². The zero-order chi connectivity index (χ0) is 20.1. The topological polar surface area (TPSA) is 91.3 Å². The van der Waals surface area contributed by atoms with Crippen molar-refractivity contribution in [2.75, 3.05) is 30.4 Å². The molecule has 0 saturated carbocycles. The van der Waals surface area contributed by atoms with Crippen LogP contribution in [0.4, 0.5) is 11.4 Å². The van der Waals surface area contributed by atoms with Crippen molar-refractivity contribution in [3.05, 3.63) is 42.2 Å². The number of halogens is 2. The number of carbonyl (C=O) groups excluding carboxylic acids is 2. The summed E-state index contributed by atoms with van der Waals surface area (Å²) in [5.41, 5.74) is 2.58. The average molecular weight is 457 g/mol. The zero-order valence-corrected chi connectivity index (χ0v) is 19.1. The highest BCUT2D eigenvalue weighted by atomic mass is 35.5. The van der Waals surface area contributed by atoms with Crippen LogP contribution in [0.2, 0.25) is 0 Å². The van der Waals surface area contributed by atoms with Gasteiger partial charge in [-0.1, -0.05) is 6.07 Å². The lowest BCUT2D eigenvalue weighted by Gasteiger charge is -2.20. The summed E-state index contributed by atoms with van der Waals surface area (Å²) in [6, 6.07) is 6.59. The normalized spacial score (nSPS) is 14.8. The van der Waals surface area contributed by atoms with Gasteiger partial charge in [-0.15, -0.1) is 24.8 Å². The predicted molar refractivity (Wildman–Crippen MR) is 124 cm³/mol. The van der Waals surface area contributed by atoms with E-state index in [1.54, 1.807) is 38.1 Å². The molecule has 0 radical (unpaired) electrons. The third kappa shape index (κ3) is 6.35. The molecule has 2 atom stereocenters. The first kappa shape index (κ1) is 25.7. The Balaban J connectivity index is 0.00000225. The van der Waals surface area contributed by atoms with E-state index in [4.69, 9.17) is 0 Å². The Morgan fingerprint density at radius 3 is 2.43 bits per heavy atom. The summed E-state index contributed by atoms with van der Waals surface area (Å²) in [4.78, 5) is 27.4. The van der Waals surface area contributed by atoms with E-state index in [2.05, 4.69) is 32.0 Å². The second-order valence-electron chi connectivity index (χ2n) is 7.13. The second kappa shape index (κ2) is 11.8. The van der Waals surface area contributed by atoms with Crippen LogP contribution in [0.5, 0.6) is 0 Å². The van der Waals surface area contributed by atoms with Gasteiger partial charge in [-0.05, 0) is 45.0 Å². The molecule has 1 aliphatic heterocycles. The molecule has 1 fully saturated rings. The lowest BCUT2D eigenvalue weighted by Crippen LogP contribution is -2.45. The number of hydrogen-bond donors (Lipinski definition) is 3. The van der Waals surface area contributed by atoms with Gasteiger partial charge in [0.1, 0.15) is 12.1 Å². The predicted octanol–water partition coefficient (Wildman–Crippen LogP) is 2.27. The molecule has 10 heteroatoms. The van der Waals surface area contributed by atoms with Crippen LogP contribution >= 0.6 is 24.8 Å². The van der Waals surface area contributed by atoms with E-state index in [0.717, 1.165) is 30.0 Å². The molecule has 2 aromatic rings. The lowest BCUT2D eigenvalue weighted by molar-refractivity contribution is -0.127. The molecule has 2 amide bonds. The fourth-order valence-electron chi connectivity index (χ4n) is 3.41. The monoisotopic (exact) mass is 456 g/mol. The number of nitrogens with one attached hydrogen (secondary N) is 3. The Labute approximate surface area is 189 Å². The molecule has 2 heterocycles. The van der Waals surface area contributed by atoms with Crippen LogP contribution in [-0.4, -0.2) is 47.8 Å². The Kier molecular flexibility index (Phi) is 10.1. The molecule has 30 heavy (non-hydrogen) atoms. The number of aromatic nitrogens is 2.